The van der Waals surface area contributed by atoms with Crippen molar-refractivity contribution < 1.29 is 27.5 Å². The molecule has 0 amide bonds. The first-order valence-electron chi connectivity index (χ1n) is 16.4. The summed E-state index contributed by atoms with van der Waals surface area (Å²) in [5.74, 6) is -0.294. The summed E-state index contributed by atoms with van der Waals surface area (Å²) in [6.07, 6.45) is 0.428. The van der Waals surface area contributed by atoms with Crippen LogP contribution in [0.3, 0.4) is 0 Å². The number of hydrogen-bond donors (Lipinski definition) is 1. The van der Waals surface area contributed by atoms with Crippen LogP contribution >= 0.6 is 11.3 Å². The molecule has 2 aliphatic rings. The van der Waals surface area contributed by atoms with Gasteiger partial charge in [-0.3, -0.25) is 9.69 Å². The van der Waals surface area contributed by atoms with Gasteiger partial charge >= 0.3 is 12.1 Å². The fraction of sp³-hybridized carbons (Fsp3) is 0.556. The molecule has 0 bridgehead atoms. The number of halogens is 4. The maximum atomic E-state index is 14.3. The van der Waals surface area contributed by atoms with Gasteiger partial charge in [0.2, 0.25) is 0 Å². The van der Waals surface area contributed by atoms with Crippen molar-refractivity contribution in [2.24, 2.45) is 11.8 Å². The molecule has 2 heterocycles. The van der Waals surface area contributed by atoms with Gasteiger partial charge in [0.05, 0.1) is 16.3 Å². The molecule has 1 aliphatic heterocycles. The number of rotatable bonds is 11. The largest absolute Gasteiger partial charge is 0.480 e. The van der Waals surface area contributed by atoms with Gasteiger partial charge < -0.3 is 10.0 Å². The van der Waals surface area contributed by atoms with Crippen molar-refractivity contribution in [2.75, 3.05) is 26.7 Å². The van der Waals surface area contributed by atoms with Crippen LogP contribution in [0.2, 0.25) is 0 Å². The second-order valence-electron chi connectivity index (χ2n) is 13.5. The summed E-state index contributed by atoms with van der Waals surface area (Å²) < 4.78 is 54.0. The lowest BCUT2D eigenvalue weighted by atomic mass is 9.87. The smallest absolute Gasteiger partial charge is 0.416 e. The molecule has 0 radical (unpaired) electrons. The number of hydrogen-bond acceptors (Lipinski definition) is 5. The molecule has 1 N–H and O–H groups in total. The fourth-order valence-corrected chi connectivity index (χ4v) is 9.09. The maximum Gasteiger partial charge on any atom is 0.416 e. The highest BCUT2D eigenvalue weighted by atomic mass is 32.1. The van der Waals surface area contributed by atoms with Gasteiger partial charge in [0.1, 0.15) is 11.9 Å². The van der Waals surface area contributed by atoms with E-state index in [2.05, 4.69) is 11.8 Å². The summed E-state index contributed by atoms with van der Waals surface area (Å²) in [6.45, 7) is 8.68. The molecule has 1 aromatic heterocycles. The van der Waals surface area contributed by atoms with Crippen molar-refractivity contribution >= 4 is 17.3 Å². The van der Waals surface area contributed by atoms with Gasteiger partial charge in [0.25, 0.3) is 0 Å². The van der Waals surface area contributed by atoms with Crippen molar-refractivity contribution in [3.8, 4) is 0 Å². The number of thiazole rings is 1. The van der Waals surface area contributed by atoms with Gasteiger partial charge in [-0.15, -0.1) is 11.3 Å². The zero-order valence-corrected chi connectivity index (χ0v) is 27.9. The third-order valence-electron chi connectivity index (χ3n) is 10.0. The van der Waals surface area contributed by atoms with Crippen molar-refractivity contribution in [3.05, 3.63) is 86.6 Å². The molecule has 5 nitrogen and oxygen atoms in total. The Morgan fingerprint density at radius 2 is 1.83 bits per heavy atom. The standard InChI is InChI=1S/C36H45F4N3O2S/c1-5-31-34(46-32(41-31)17-23-8-6-10-27(16-23)36(38,39)40)24-12-14-43(15-13-24)21-26-19-29(42(4)33(22(2)3)35(44)45)20-30(26)25-9-7-11-28(37)18-25/h6-11,16,18,22,24,26,29-30,33H,5,12-15,17,19-21H2,1-4H3,(H,44,45)/t26?,29?,30?,33-/m1/s1. The molecular formula is C36H45F4N3O2S. The second kappa shape index (κ2) is 14.5. The van der Waals surface area contributed by atoms with Crippen LogP contribution in [-0.4, -0.2) is 64.6 Å². The third kappa shape index (κ3) is 8.00. The maximum absolute atomic E-state index is 14.3. The van der Waals surface area contributed by atoms with E-state index in [1.54, 1.807) is 29.5 Å². The number of nitrogens with zero attached hydrogens (tertiary/aromatic N) is 3. The quantitative estimate of drug-likeness (QED) is 0.210. The van der Waals surface area contributed by atoms with E-state index in [0.29, 0.717) is 17.9 Å². The minimum atomic E-state index is -4.37. The van der Waals surface area contributed by atoms with E-state index >= 15 is 0 Å². The number of likely N-dealkylation sites (tertiary alicyclic amines) is 1. The zero-order chi connectivity index (χ0) is 33.2. The highest BCUT2D eigenvalue weighted by Gasteiger charge is 2.42. The summed E-state index contributed by atoms with van der Waals surface area (Å²) >= 11 is 1.64. The number of carbonyl (C=O) groups is 1. The Morgan fingerprint density at radius 3 is 2.46 bits per heavy atom. The van der Waals surface area contributed by atoms with Crippen LogP contribution in [-0.2, 0) is 23.8 Å². The minimum absolute atomic E-state index is 0.0291. The summed E-state index contributed by atoms with van der Waals surface area (Å²) in [5.41, 5.74) is 2.02. The van der Waals surface area contributed by atoms with Crippen molar-refractivity contribution in [1.29, 1.82) is 0 Å². The number of piperidine rings is 1. The van der Waals surface area contributed by atoms with Gasteiger partial charge in [-0.05, 0) is 105 Å². The molecule has 1 saturated carbocycles. The Kier molecular flexibility index (Phi) is 10.9. The molecule has 1 aliphatic carbocycles. The lowest BCUT2D eigenvalue weighted by Crippen LogP contribution is -2.47. The SMILES string of the molecule is CCc1nc(Cc2cccc(C(F)(F)F)c2)sc1C1CCN(CC2CC(N(C)[C@@H](C(=O)O)C(C)C)CC2c2cccc(F)c2)CC1. The normalized spacial score (nSPS) is 22.2. The van der Waals surface area contributed by atoms with E-state index in [0.717, 1.165) is 74.1 Å². The van der Waals surface area contributed by atoms with Gasteiger partial charge in [0, 0.05) is 23.9 Å². The predicted octanol–water partition coefficient (Wildman–Crippen LogP) is 8.24. The first-order valence-corrected chi connectivity index (χ1v) is 17.2. The van der Waals surface area contributed by atoms with Crippen LogP contribution in [0.1, 0.15) is 90.6 Å². The third-order valence-corrected chi connectivity index (χ3v) is 11.3. The molecule has 4 atom stereocenters. The summed E-state index contributed by atoms with van der Waals surface area (Å²) in [6, 6.07) is 11.9. The van der Waals surface area contributed by atoms with E-state index in [9.17, 15) is 27.5 Å². The molecule has 46 heavy (non-hydrogen) atoms. The Balaban J connectivity index is 1.26. The molecule has 2 fully saturated rings. The van der Waals surface area contributed by atoms with Crippen LogP contribution in [0.5, 0.6) is 0 Å². The van der Waals surface area contributed by atoms with Crippen LogP contribution in [0.4, 0.5) is 17.6 Å². The summed E-state index contributed by atoms with van der Waals surface area (Å²) in [7, 11) is 1.92. The van der Waals surface area contributed by atoms with E-state index in [1.807, 2.05) is 31.9 Å². The van der Waals surface area contributed by atoms with Crippen LogP contribution in [0.15, 0.2) is 48.5 Å². The first kappa shape index (κ1) is 34.5. The number of benzene rings is 2. The Hall–Kier alpha value is -2.82. The van der Waals surface area contributed by atoms with E-state index in [1.165, 1.54) is 23.1 Å². The molecule has 10 heteroatoms. The average molecular weight is 660 g/mol. The van der Waals surface area contributed by atoms with E-state index < -0.39 is 23.8 Å². The van der Waals surface area contributed by atoms with Crippen LogP contribution in [0.25, 0.3) is 0 Å². The lowest BCUT2D eigenvalue weighted by Gasteiger charge is -2.35. The van der Waals surface area contributed by atoms with Crippen molar-refractivity contribution in [1.82, 2.24) is 14.8 Å². The number of aromatic nitrogens is 1. The summed E-state index contributed by atoms with van der Waals surface area (Å²) in [4.78, 5) is 22.8. The molecular weight excluding hydrogens is 614 g/mol. The molecule has 0 spiro atoms. The van der Waals surface area contributed by atoms with E-state index in [-0.39, 0.29) is 29.6 Å². The monoisotopic (exact) mass is 659 g/mol. The Labute approximate surface area is 273 Å². The topological polar surface area (TPSA) is 56.7 Å². The number of carboxylic acids is 1. The number of alkyl halides is 3. The predicted molar refractivity (Wildman–Crippen MR) is 174 cm³/mol. The van der Waals surface area contributed by atoms with Gasteiger partial charge in [-0.1, -0.05) is 51.1 Å². The number of likely N-dealkylation sites (N-methyl/N-ethyl adjacent to an activating group) is 1. The molecule has 3 aromatic rings. The number of carboxylic acid groups (broad SMARTS) is 1. The van der Waals surface area contributed by atoms with Gasteiger partial charge in [-0.25, -0.2) is 9.37 Å². The van der Waals surface area contributed by atoms with Crippen LogP contribution < -0.4 is 0 Å². The molecule has 3 unspecified atom stereocenters. The number of aliphatic carboxylic acids is 1. The highest BCUT2D eigenvalue weighted by Crippen LogP contribution is 2.44. The van der Waals surface area contributed by atoms with Gasteiger partial charge in [-0.2, -0.15) is 13.2 Å². The van der Waals surface area contributed by atoms with E-state index in [4.69, 9.17) is 4.98 Å². The van der Waals surface area contributed by atoms with Crippen LogP contribution in [0, 0.1) is 17.7 Å². The number of aryl methyl sites for hydroxylation is 1. The van der Waals surface area contributed by atoms with Crippen molar-refractivity contribution in [2.45, 2.75) is 89.4 Å². The minimum Gasteiger partial charge on any atom is -0.480 e. The summed E-state index contributed by atoms with van der Waals surface area (Å²) in [5, 5.41) is 10.8. The average Bonchev–Trinajstić information content (AvgIpc) is 3.61. The molecule has 250 valence electrons. The van der Waals surface area contributed by atoms with Crippen molar-refractivity contribution in [3.63, 3.8) is 0 Å². The lowest BCUT2D eigenvalue weighted by molar-refractivity contribution is -0.145. The fourth-order valence-electron chi connectivity index (χ4n) is 7.74. The Morgan fingerprint density at radius 1 is 1.11 bits per heavy atom. The van der Waals surface area contributed by atoms with Gasteiger partial charge in [0.15, 0.2) is 0 Å². The first-order chi connectivity index (χ1) is 21.8. The highest BCUT2D eigenvalue weighted by molar-refractivity contribution is 7.11. The molecule has 5 rings (SSSR count). The zero-order valence-electron chi connectivity index (χ0n) is 27.1. The second-order valence-corrected chi connectivity index (χ2v) is 14.6. The Bertz CT molecular complexity index is 1480. The molecule has 1 saturated heterocycles. The molecule has 2 aromatic carbocycles.